The molecule has 0 amide bonds. The topological polar surface area (TPSA) is 92.8 Å². The van der Waals surface area contributed by atoms with Crippen LogP contribution in [-0.4, -0.2) is 36.2 Å². The maximum absolute atomic E-state index is 12.9. The van der Waals surface area contributed by atoms with Gasteiger partial charge in [-0.15, -0.1) is 0 Å². The van der Waals surface area contributed by atoms with E-state index in [-0.39, 0.29) is 16.4 Å². The lowest BCUT2D eigenvalue weighted by atomic mass is 10.2. The highest BCUT2D eigenvalue weighted by Crippen LogP contribution is 2.31. The molecule has 2 aromatic rings. The van der Waals surface area contributed by atoms with Crippen LogP contribution >= 0.6 is 0 Å². The fraction of sp³-hybridized carbons (Fsp3) is 0.333. The number of hydrogen-bond donors (Lipinski definition) is 1. The van der Waals surface area contributed by atoms with E-state index in [4.69, 9.17) is 4.74 Å². The van der Waals surface area contributed by atoms with E-state index in [1.807, 2.05) is 0 Å². The van der Waals surface area contributed by atoms with Gasteiger partial charge in [0.2, 0.25) is 10.0 Å². The van der Waals surface area contributed by atoms with Gasteiger partial charge in [0.05, 0.1) is 24.2 Å². The molecule has 146 valence electrons. The van der Waals surface area contributed by atoms with Crippen molar-refractivity contribution in [1.29, 1.82) is 0 Å². The first-order chi connectivity index (χ1) is 12.6. The van der Waals surface area contributed by atoms with Crippen LogP contribution in [0.25, 0.3) is 0 Å². The normalized spacial score (nSPS) is 16.3. The van der Waals surface area contributed by atoms with Gasteiger partial charge in [-0.2, -0.15) is 0 Å². The minimum atomic E-state index is -3.91. The second kappa shape index (κ2) is 7.05. The van der Waals surface area contributed by atoms with Crippen LogP contribution in [0.1, 0.15) is 17.5 Å². The third-order valence-electron chi connectivity index (χ3n) is 4.46. The number of methoxy groups -OCH3 is 1. The monoisotopic (exact) mass is 410 g/mol. The largest absolute Gasteiger partial charge is 0.495 e. The quantitative estimate of drug-likeness (QED) is 0.818. The van der Waals surface area contributed by atoms with Gasteiger partial charge in [-0.25, -0.2) is 16.8 Å². The van der Waals surface area contributed by atoms with Crippen LogP contribution in [0.2, 0.25) is 0 Å². The first-order valence-electron chi connectivity index (χ1n) is 8.42. The first-order valence-corrected chi connectivity index (χ1v) is 11.5. The molecular formula is C18H22N2O5S2. The molecule has 1 aliphatic rings. The van der Waals surface area contributed by atoms with Crippen molar-refractivity contribution in [3.63, 3.8) is 0 Å². The highest BCUT2D eigenvalue weighted by atomic mass is 32.2. The number of ether oxygens (including phenoxy) is 1. The van der Waals surface area contributed by atoms with E-state index >= 15 is 0 Å². The van der Waals surface area contributed by atoms with E-state index in [0.717, 1.165) is 5.56 Å². The summed E-state index contributed by atoms with van der Waals surface area (Å²) >= 11 is 0. The third-order valence-corrected chi connectivity index (χ3v) is 7.72. The molecule has 0 atom stereocenters. The van der Waals surface area contributed by atoms with Crippen LogP contribution in [0.4, 0.5) is 11.4 Å². The smallest absolute Gasteiger partial charge is 0.265 e. The lowest BCUT2D eigenvalue weighted by Gasteiger charge is -2.19. The molecule has 0 unspecified atom stereocenters. The lowest BCUT2D eigenvalue weighted by Crippen LogP contribution is -2.25. The molecule has 7 nitrogen and oxygen atoms in total. The van der Waals surface area contributed by atoms with Crippen molar-refractivity contribution in [2.24, 2.45) is 0 Å². The van der Waals surface area contributed by atoms with Gasteiger partial charge in [0.15, 0.2) is 0 Å². The molecule has 0 aliphatic carbocycles. The zero-order valence-corrected chi connectivity index (χ0v) is 17.0. The molecule has 1 aliphatic heterocycles. The second-order valence-corrected chi connectivity index (χ2v) is 10.2. The minimum absolute atomic E-state index is 0.0311. The standard InChI is InChI=1S/C18H22N2O5S2/c1-13-5-8-17(25-3)18(11-13)27(23,24)19-16-12-15(7-6-14(16)2)20-9-4-10-26(20,21)22/h5-8,11-12,19H,4,9-10H2,1-3H3. The summed E-state index contributed by atoms with van der Waals surface area (Å²) in [4.78, 5) is 0.0311. The van der Waals surface area contributed by atoms with Crippen LogP contribution < -0.4 is 13.8 Å². The summed E-state index contributed by atoms with van der Waals surface area (Å²) in [5, 5.41) is 0. The van der Waals surface area contributed by atoms with Crippen molar-refractivity contribution >= 4 is 31.4 Å². The molecule has 0 aromatic heterocycles. The van der Waals surface area contributed by atoms with Gasteiger partial charge in [0.25, 0.3) is 10.0 Å². The van der Waals surface area contributed by atoms with Gasteiger partial charge in [0.1, 0.15) is 10.6 Å². The van der Waals surface area contributed by atoms with E-state index in [2.05, 4.69) is 4.72 Å². The van der Waals surface area contributed by atoms with Crippen molar-refractivity contribution < 1.29 is 21.6 Å². The van der Waals surface area contributed by atoms with Gasteiger partial charge in [-0.1, -0.05) is 12.1 Å². The Hall–Kier alpha value is -2.26. The fourth-order valence-corrected chi connectivity index (χ4v) is 5.93. The molecule has 27 heavy (non-hydrogen) atoms. The number of aryl methyl sites for hydroxylation is 2. The van der Waals surface area contributed by atoms with Crippen LogP contribution in [0.15, 0.2) is 41.3 Å². The number of nitrogens with zero attached hydrogens (tertiary/aromatic N) is 1. The SMILES string of the molecule is COc1ccc(C)cc1S(=O)(=O)Nc1cc(N2CCCS2(=O)=O)ccc1C. The Bertz CT molecular complexity index is 1080. The van der Waals surface area contributed by atoms with Crippen LogP contribution in [0, 0.1) is 13.8 Å². The predicted octanol–water partition coefficient (Wildman–Crippen LogP) is 2.65. The molecule has 1 fully saturated rings. The molecular weight excluding hydrogens is 388 g/mol. The van der Waals surface area contributed by atoms with E-state index in [1.165, 1.54) is 17.5 Å². The Balaban J connectivity index is 2.00. The van der Waals surface area contributed by atoms with Crippen molar-refractivity contribution in [2.45, 2.75) is 25.2 Å². The van der Waals surface area contributed by atoms with Crippen molar-refractivity contribution in [2.75, 3.05) is 28.4 Å². The Morgan fingerprint density at radius 2 is 1.85 bits per heavy atom. The number of benzene rings is 2. The highest BCUT2D eigenvalue weighted by molar-refractivity contribution is 7.93. The van der Waals surface area contributed by atoms with Gasteiger partial charge in [0, 0.05) is 6.54 Å². The predicted molar refractivity (Wildman–Crippen MR) is 105 cm³/mol. The van der Waals surface area contributed by atoms with E-state index in [9.17, 15) is 16.8 Å². The van der Waals surface area contributed by atoms with Gasteiger partial charge in [-0.3, -0.25) is 9.03 Å². The zero-order valence-electron chi connectivity index (χ0n) is 15.4. The molecule has 1 heterocycles. The number of nitrogens with one attached hydrogen (secondary N) is 1. The van der Waals surface area contributed by atoms with E-state index in [1.54, 1.807) is 44.2 Å². The van der Waals surface area contributed by atoms with Crippen molar-refractivity contribution in [3.8, 4) is 5.75 Å². The molecule has 0 spiro atoms. The Morgan fingerprint density at radius 1 is 1.11 bits per heavy atom. The lowest BCUT2D eigenvalue weighted by molar-refractivity contribution is 0.402. The molecule has 0 saturated carbocycles. The van der Waals surface area contributed by atoms with Crippen LogP contribution in [0.3, 0.4) is 0 Å². The third kappa shape index (κ3) is 3.89. The molecule has 9 heteroatoms. The van der Waals surface area contributed by atoms with Crippen molar-refractivity contribution in [3.05, 3.63) is 47.5 Å². The van der Waals surface area contributed by atoms with E-state index < -0.39 is 20.0 Å². The Labute approximate surface area is 160 Å². The number of sulfonamides is 2. The molecule has 3 rings (SSSR count). The fourth-order valence-electron chi connectivity index (χ4n) is 3.00. The highest BCUT2D eigenvalue weighted by Gasteiger charge is 2.29. The molecule has 1 N–H and O–H groups in total. The number of hydrogen-bond acceptors (Lipinski definition) is 5. The summed E-state index contributed by atoms with van der Waals surface area (Å²) in [6.45, 7) is 3.94. The van der Waals surface area contributed by atoms with Crippen LogP contribution in [0.5, 0.6) is 5.75 Å². The zero-order chi connectivity index (χ0) is 19.8. The van der Waals surface area contributed by atoms with Gasteiger partial charge in [-0.05, 0) is 55.7 Å². The maximum atomic E-state index is 12.9. The summed E-state index contributed by atoms with van der Waals surface area (Å²) in [6, 6.07) is 9.84. The maximum Gasteiger partial charge on any atom is 0.265 e. The van der Waals surface area contributed by atoms with Gasteiger partial charge < -0.3 is 4.74 Å². The Kier molecular flexibility index (Phi) is 5.09. The first kappa shape index (κ1) is 19.5. The van der Waals surface area contributed by atoms with E-state index in [0.29, 0.717) is 29.9 Å². The second-order valence-electron chi connectivity index (χ2n) is 6.50. The minimum Gasteiger partial charge on any atom is -0.495 e. The van der Waals surface area contributed by atoms with Crippen molar-refractivity contribution in [1.82, 2.24) is 0 Å². The molecule has 0 radical (unpaired) electrons. The molecule has 1 saturated heterocycles. The van der Waals surface area contributed by atoms with Gasteiger partial charge >= 0.3 is 0 Å². The molecule has 0 bridgehead atoms. The average molecular weight is 411 g/mol. The molecule has 2 aromatic carbocycles. The average Bonchev–Trinajstić information content (AvgIpc) is 2.96. The van der Waals surface area contributed by atoms with Crippen LogP contribution in [-0.2, 0) is 20.0 Å². The summed E-state index contributed by atoms with van der Waals surface area (Å²) in [7, 11) is -5.85. The number of rotatable bonds is 5. The summed E-state index contributed by atoms with van der Waals surface area (Å²) in [5.74, 6) is 0.339. The summed E-state index contributed by atoms with van der Waals surface area (Å²) in [5.41, 5.74) is 2.25. The Morgan fingerprint density at radius 3 is 2.48 bits per heavy atom. The number of anilines is 2. The summed E-state index contributed by atoms with van der Waals surface area (Å²) in [6.07, 6.45) is 0.553. The summed E-state index contributed by atoms with van der Waals surface area (Å²) < 4.78 is 59.2.